The van der Waals surface area contributed by atoms with E-state index in [1.165, 1.54) is 37.5 Å². The smallest absolute Gasteiger partial charge is 0.416 e. The second-order valence-electron chi connectivity index (χ2n) is 10.5. The standard InChI is InChI=1S/C29H32F4N6O2/c1-38-26-23(24(36-25(37-26)27(40)41)34-15-13-18-5-4-6-18)39(17-19-9-11-21(12-10-19)29(31,32)33)28(38)35-16-14-20-7-2-3-8-22(20)30/h2-3,7-12,18,28,35H,4-6,13-17H2,1H3,(H,40,41)(H,34,36,37). The van der Waals surface area contributed by atoms with E-state index in [1.807, 2.05) is 4.90 Å². The van der Waals surface area contributed by atoms with Crippen LogP contribution in [-0.2, 0) is 19.1 Å². The van der Waals surface area contributed by atoms with Gasteiger partial charge in [0.1, 0.15) is 11.5 Å². The van der Waals surface area contributed by atoms with Crippen molar-refractivity contribution in [1.29, 1.82) is 0 Å². The lowest BCUT2D eigenvalue weighted by Gasteiger charge is -2.32. The summed E-state index contributed by atoms with van der Waals surface area (Å²) in [5.74, 6) is -0.594. The number of aromatic carboxylic acids is 1. The predicted octanol–water partition coefficient (Wildman–Crippen LogP) is 5.51. The average Bonchev–Trinajstić information content (AvgIpc) is 3.17. The topological polar surface area (TPSA) is 93.6 Å². The average molecular weight is 573 g/mol. The van der Waals surface area contributed by atoms with Crippen LogP contribution in [0.1, 0.15) is 53.0 Å². The molecule has 1 unspecified atom stereocenters. The molecule has 1 aliphatic heterocycles. The van der Waals surface area contributed by atoms with E-state index in [0.717, 1.165) is 18.6 Å². The highest BCUT2D eigenvalue weighted by Gasteiger charge is 2.39. The summed E-state index contributed by atoms with van der Waals surface area (Å²) in [7, 11) is 1.75. The first-order valence-corrected chi connectivity index (χ1v) is 13.6. The molecular formula is C29H32F4N6O2. The maximum atomic E-state index is 14.2. The molecule has 1 aromatic heterocycles. The minimum absolute atomic E-state index is 0.194. The number of aromatic nitrogens is 2. The minimum atomic E-state index is -4.45. The number of carboxylic acids is 1. The van der Waals surface area contributed by atoms with Crippen LogP contribution >= 0.6 is 0 Å². The van der Waals surface area contributed by atoms with E-state index in [0.29, 0.717) is 53.9 Å². The van der Waals surface area contributed by atoms with Gasteiger partial charge in [0.15, 0.2) is 17.9 Å². The summed E-state index contributed by atoms with van der Waals surface area (Å²) in [6, 6.07) is 11.4. The molecule has 8 nitrogen and oxygen atoms in total. The molecule has 1 saturated carbocycles. The molecule has 0 bridgehead atoms. The van der Waals surface area contributed by atoms with Gasteiger partial charge in [0.25, 0.3) is 0 Å². The number of hydrogen-bond acceptors (Lipinski definition) is 7. The Hall–Kier alpha value is -3.93. The van der Waals surface area contributed by atoms with E-state index in [9.17, 15) is 27.5 Å². The minimum Gasteiger partial charge on any atom is -0.475 e. The third kappa shape index (κ3) is 6.37. The van der Waals surface area contributed by atoms with Crippen LogP contribution in [0.2, 0.25) is 0 Å². The molecule has 5 rings (SSSR count). The van der Waals surface area contributed by atoms with Crippen molar-refractivity contribution in [3.63, 3.8) is 0 Å². The van der Waals surface area contributed by atoms with Gasteiger partial charge in [-0.3, -0.25) is 5.32 Å². The fraction of sp³-hybridized carbons (Fsp3) is 0.414. The largest absolute Gasteiger partial charge is 0.475 e. The van der Waals surface area contributed by atoms with Crippen molar-refractivity contribution >= 4 is 23.3 Å². The Morgan fingerprint density at radius 3 is 2.44 bits per heavy atom. The number of fused-ring (bicyclic) bond motifs is 1. The molecule has 2 aliphatic rings. The van der Waals surface area contributed by atoms with Crippen molar-refractivity contribution < 1.29 is 27.5 Å². The fourth-order valence-electron chi connectivity index (χ4n) is 5.24. The first kappa shape index (κ1) is 28.6. The maximum Gasteiger partial charge on any atom is 0.416 e. The van der Waals surface area contributed by atoms with Crippen LogP contribution in [0.15, 0.2) is 48.5 Å². The number of benzene rings is 2. The number of anilines is 3. The summed E-state index contributed by atoms with van der Waals surface area (Å²) in [6.07, 6.45) is -0.150. The molecule has 0 amide bonds. The fourth-order valence-corrected chi connectivity index (χ4v) is 5.24. The van der Waals surface area contributed by atoms with Crippen LogP contribution in [0, 0.1) is 11.7 Å². The highest BCUT2D eigenvalue weighted by molar-refractivity contribution is 5.90. The first-order chi connectivity index (χ1) is 19.6. The molecule has 41 heavy (non-hydrogen) atoms. The van der Waals surface area contributed by atoms with Gasteiger partial charge in [-0.15, -0.1) is 0 Å². The normalized spacial score (nSPS) is 17.0. The molecule has 0 radical (unpaired) electrons. The molecule has 0 spiro atoms. The summed E-state index contributed by atoms with van der Waals surface area (Å²) in [6.45, 7) is 1.16. The van der Waals surface area contributed by atoms with Gasteiger partial charge in [-0.1, -0.05) is 49.6 Å². The molecule has 3 aromatic rings. The molecule has 2 aromatic carbocycles. The van der Waals surface area contributed by atoms with Crippen LogP contribution < -0.4 is 20.4 Å². The maximum absolute atomic E-state index is 14.2. The van der Waals surface area contributed by atoms with Crippen molar-refractivity contribution in [2.45, 2.75) is 51.1 Å². The monoisotopic (exact) mass is 572 g/mol. The zero-order valence-electron chi connectivity index (χ0n) is 22.6. The Kier molecular flexibility index (Phi) is 8.30. The van der Waals surface area contributed by atoms with Crippen molar-refractivity contribution in [3.05, 3.63) is 76.9 Å². The van der Waals surface area contributed by atoms with E-state index in [2.05, 4.69) is 20.6 Å². The number of alkyl halides is 3. The van der Waals surface area contributed by atoms with Gasteiger partial charge < -0.3 is 20.2 Å². The number of nitrogens with one attached hydrogen (secondary N) is 2. The zero-order valence-corrected chi connectivity index (χ0v) is 22.6. The lowest BCUT2D eigenvalue weighted by molar-refractivity contribution is -0.137. The number of carbonyl (C=O) groups is 1. The first-order valence-electron chi connectivity index (χ1n) is 13.6. The van der Waals surface area contributed by atoms with E-state index in [4.69, 9.17) is 0 Å². The molecule has 12 heteroatoms. The van der Waals surface area contributed by atoms with Gasteiger partial charge >= 0.3 is 12.1 Å². The molecule has 0 saturated heterocycles. The van der Waals surface area contributed by atoms with Crippen LogP contribution in [0.5, 0.6) is 0 Å². The number of nitrogens with zero attached hydrogens (tertiary/aromatic N) is 4. The number of carboxylic acid groups (broad SMARTS) is 1. The van der Waals surface area contributed by atoms with Gasteiger partial charge in [0.05, 0.1) is 5.56 Å². The van der Waals surface area contributed by atoms with Crippen LogP contribution in [0.3, 0.4) is 0 Å². The van der Waals surface area contributed by atoms with Gasteiger partial charge in [-0.25, -0.2) is 19.2 Å². The Morgan fingerprint density at radius 2 is 1.80 bits per heavy atom. The van der Waals surface area contributed by atoms with Crippen molar-refractivity contribution in [2.24, 2.45) is 5.92 Å². The Morgan fingerprint density at radius 1 is 1.07 bits per heavy atom. The Labute approximate surface area is 235 Å². The summed E-state index contributed by atoms with van der Waals surface area (Å²) in [5, 5.41) is 16.4. The highest BCUT2D eigenvalue weighted by Crippen LogP contribution is 2.42. The lowest BCUT2D eigenvalue weighted by Crippen LogP contribution is -2.52. The molecule has 1 atom stereocenters. The van der Waals surface area contributed by atoms with E-state index in [1.54, 1.807) is 30.1 Å². The van der Waals surface area contributed by atoms with Gasteiger partial charge in [0.2, 0.25) is 5.82 Å². The molecule has 2 heterocycles. The molecule has 218 valence electrons. The molecule has 1 aliphatic carbocycles. The van der Waals surface area contributed by atoms with E-state index in [-0.39, 0.29) is 18.2 Å². The van der Waals surface area contributed by atoms with Crippen molar-refractivity contribution in [2.75, 3.05) is 35.3 Å². The second-order valence-corrected chi connectivity index (χ2v) is 10.5. The summed E-state index contributed by atoms with van der Waals surface area (Å²) < 4.78 is 53.8. The highest BCUT2D eigenvalue weighted by atomic mass is 19.4. The summed E-state index contributed by atoms with van der Waals surface area (Å²) in [4.78, 5) is 24.2. The number of hydrogen-bond donors (Lipinski definition) is 3. The molecular weight excluding hydrogens is 540 g/mol. The van der Waals surface area contributed by atoms with Gasteiger partial charge in [-0.05, 0) is 48.1 Å². The third-order valence-corrected chi connectivity index (χ3v) is 7.72. The third-order valence-electron chi connectivity index (χ3n) is 7.72. The Balaban J connectivity index is 1.45. The quantitative estimate of drug-likeness (QED) is 0.259. The van der Waals surface area contributed by atoms with Gasteiger partial charge in [-0.2, -0.15) is 13.2 Å². The summed E-state index contributed by atoms with van der Waals surface area (Å²) in [5.41, 5.74) is 0.962. The van der Waals surface area contributed by atoms with Crippen LogP contribution in [-0.4, -0.2) is 47.5 Å². The summed E-state index contributed by atoms with van der Waals surface area (Å²) >= 11 is 0. The molecule has 1 fully saturated rings. The molecule has 3 N–H and O–H groups in total. The lowest BCUT2D eigenvalue weighted by atomic mass is 9.83. The number of halogens is 4. The van der Waals surface area contributed by atoms with E-state index >= 15 is 0 Å². The van der Waals surface area contributed by atoms with E-state index < -0.39 is 24.0 Å². The second kappa shape index (κ2) is 11.9. The predicted molar refractivity (Wildman–Crippen MR) is 147 cm³/mol. The van der Waals surface area contributed by atoms with Gasteiger partial charge in [0, 0.05) is 26.7 Å². The van der Waals surface area contributed by atoms with Crippen LogP contribution in [0.4, 0.5) is 34.9 Å². The SMILES string of the molecule is CN1c2nc(C(=O)O)nc(NCCC3CCC3)c2N(Cc2ccc(C(F)(F)F)cc2)C1NCCc1ccccc1F. The van der Waals surface area contributed by atoms with Crippen molar-refractivity contribution in [3.8, 4) is 0 Å². The number of rotatable bonds is 11. The Bertz CT molecular complexity index is 1380. The zero-order chi connectivity index (χ0) is 29.1. The van der Waals surface area contributed by atoms with Crippen LogP contribution in [0.25, 0.3) is 0 Å². The van der Waals surface area contributed by atoms with Crippen molar-refractivity contribution in [1.82, 2.24) is 15.3 Å².